The summed E-state index contributed by atoms with van der Waals surface area (Å²) in [7, 11) is 1.59. The molecule has 1 aliphatic heterocycles. The fourth-order valence-electron chi connectivity index (χ4n) is 3.74. The molecule has 0 radical (unpaired) electrons. The second kappa shape index (κ2) is 8.84. The largest absolute Gasteiger partial charge is 0.355 e. The van der Waals surface area contributed by atoms with Gasteiger partial charge in [0.15, 0.2) is 0 Å². The first-order valence-electron chi connectivity index (χ1n) is 9.66. The van der Waals surface area contributed by atoms with Crippen molar-refractivity contribution in [3.63, 3.8) is 0 Å². The Labute approximate surface area is 160 Å². The van der Waals surface area contributed by atoms with Crippen LogP contribution in [-0.2, 0) is 9.59 Å². The molecule has 3 amide bonds. The van der Waals surface area contributed by atoms with Crippen molar-refractivity contribution in [2.45, 2.75) is 25.7 Å². The van der Waals surface area contributed by atoms with Crippen LogP contribution in [0.15, 0.2) is 30.3 Å². The van der Waals surface area contributed by atoms with Crippen molar-refractivity contribution >= 4 is 23.8 Å². The van der Waals surface area contributed by atoms with Gasteiger partial charge in [-0.25, -0.2) is 0 Å². The van der Waals surface area contributed by atoms with Gasteiger partial charge in [0.25, 0.3) is 5.91 Å². The third-order valence-electron chi connectivity index (χ3n) is 5.43. The third kappa shape index (κ3) is 4.76. The molecule has 0 atom stereocenters. The van der Waals surface area contributed by atoms with Crippen molar-refractivity contribution in [1.82, 2.24) is 15.1 Å². The van der Waals surface area contributed by atoms with Gasteiger partial charge in [0.2, 0.25) is 11.8 Å². The maximum atomic E-state index is 12.5. The van der Waals surface area contributed by atoms with E-state index in [0.29, 0.717) is 31.7 Å². The Kier molecular flexibility index (Phi) is 6.27. The van der Waals surface area contributed by atoms with Crippen molar-refractivity contribution in [3.8, 4) is 0 Å². The van der Waals surface area contributed by atoms with E-state index in [4.69, 9.17) is 0 Å². The molecular weight excluding hydrogens is 342 g/mol. The van der Waals surface area contributed by atoms with E-state index in [-0.39, 0.29) is 23.6 Å². The molecule has 1 heterocycles. The van der Waals surface area contributed by atoms with Gasteiger partial charge in [-0.05, 0) is 36.6 Å². The summed E-state index contributed by atoms with van der Waals surface area (Å²) >= 11 is 0. The Morgan fingerprint density at radius 2 is 1.56 bits per heavy atom. The minimum absolute atomic E-state index is 0.0432. The van der Waals surface area contributed by atoms with Gasteiger partial charge in [0.05, 0.1) is 0 Å². The lowest BCUT2D eigenvalue weighted by Crippen LogP contribution is -2.51. The summed E-state index contributed by atoms with van der Waals surface area (Å²) in [6.45, 7) is 2.40. The van der Waals surface area contributed by atoms with Gasteiger partial charge in [-0.2, -0.15) is 0 Å². The molecule has 144 valence electrons. The topological polar surface area (TPSA) is 69.7 Å². The molecule has 2 fully saturated rings. The van der Waals surface area contributed by atoms with Crippen LogP contribution < -0.4 is 5.32 Å². The number of hydrogen-bond donors (Lipinski definition) is 1. The van der Waals surface area contributed by atoms with Crippen LogP contribution in [-0.4, -0.2) is 60.7 Å². The summed E-state index contributed by atoms with van der Waals surface area (Å²) in [5, 5.41) is 2.58. The van der Waals surface area contributed by atoms with Gasteiger partial charge in [-0.15, -0.1) is 0 Å². The number of benzene rings is 1. The van der Waals surface area contributed by atoms with Gasteiger partial charge >= 0.3 is 0 Å². The van der Waals surface area contributed by atoms with Gasteiger partial charge in [-0.1, -0.05) is 25.0 Å². The number of nitrogens with one attached hydrogen (secondary N) is 1. The first-order valence-corrected chi connectivity index (χ1v) is 9.66. The number of hydrogen-bond acceptors (Lipinski definition) is 3. The van der Waals surface area contributed by atoms with Crippen LogP contribution in [0.25, 0.3) is 6.08 Å². The lowest BCUT2D eigenvalue weighted by atomic mass is 10.1. The summed E-state index contributed by atoms with van der Waals surface area (Å²) in [6, 6.07) is 7.09. The predicted octanol–water partition coefficient (Wildman–Crippen LogP) is 1.92. The zero-order valence-corrected chi connectivity index (χ0v) is 15.8. The maximum absolute atomic E-state index is 12.5. The molecule has 1 N–H and O–H groups in total. The molecule has 1 saturated heterocycles. The van der Waals surface area contributed by atoms with Gasteiger partial charge in [-0.3, -0.25) is 14.4 Å². The zero-order valence-electron chi connectivity index (χ0n) is 15.8. The zero-order chi connectivity index (χ0) is 19.2. The van der Waals surface area contributed by atoms with Crippen molar-refractivity contribution < 1.29 is 14.4 Å². The fourth-order valence-corrected chi connectivity index (χ4v) is 3.74. The molecule has 0 bridgehead atoms. The van der Waals surface area contributed by atoms with Crippen LogP contribution in [0, 0.1) is 5.92 Å². The Morgan fingerprint density at radius 1 is 0.963 bits per heavy atom. The molecule has 1 saturated carbocycles. The highest BCUT2D eigenvalue weighted by Gasteiger charge is 2.30. The standard InChI is InChI=1S/C21H27N3O3/c1-22-20(26)17-9-6-16(7-10-17)8-11-19(25)23-12-14-24(15-13-23)21(27)18-4-2-3-5-18/h6-11,18H,2-5,12-15H2,1H3,(H,22,26)/b11-8+. The highest BCUT2D eigenvalue weighted by Crippen LogP contribution is 2.26. The first kappa shape index (κ1) is 19.1. The smallest absolute Gasteiger partial charge is 0.251 e. The SMILES string of the molecule is CNC(=O)c1ccc(/C=C/C(=O)N2CCN(C(=O)C3CCCC3)CC2)cc1. The molecule has 0 aromatic heterocycles. The second-order valence-electron chi connectivity index (χ2n) is 7.17. The summed E-state index contributed by atoms with van der Waals surface area (Å²) < 4.78 is 0. The molecule has 1 aliphatic carbocycles. The van der Waals surface area contributed by atoms with E-state index in [1.807, 2.05) is 17.0 Å². The quantitative estimate of drug-likeness (QED) is 0.825. The monoisotopic (exact) mass is 369 g/mol. The molecule has 6 heteroatoms. The van der Waals surface area contributed by atoms with Crippen molar-refractivity contribution in [2.75, 3.05) is 33.2 Å². The number of rotatable bonds is 4. The maximum Gasteiger partial charge on any atom is 0.251 e. The lowest BCUT2D eigenvalue weighted by Gasteiger charge is -2.35. The summed E-state index contributed by atoms with van der Waals surface area (Å²) in [4.78, 5) is 40.1. The number of amides is 3. The third-order valence-corrected chi connectivity index (χ3v) is 5.43. The van der Waals surface area contributed by atoms with E-state index in [0.717, 1.165) is 31.2 Å². The van der Waals surface area contributed by atoms with Crippen molar-refractivity contribution in [3.05, 3.63) is 41.5 Å². The van der Waals surface area contributed by atoms with Crippen molar-refractivity contribution in [2.24, 2.45) is 5.92 Å². The minimum Gasteiger partial charge on any atom is -0.355 e. The fraction of sp³-hybridized carbons (Fsp3) is 0.476. The van der Waals surface area contributed by atoms with E-state index in [1.165, 1.54) is 0 Å². The van der Waals surface area contributed by atoms with Crippen LogP contribution >= 0.6 is 0 Å². The average Bonchev–Trinajstić information content (AvgIpc) is 3.26. The van der Waals surface area contributed by atoms with E-state index < -0.39 is 0 Å². The molecule has 1 aromatic carbocycles. The number of carbonyl (C=O) groups excluding carboxylic acids is 3. The van der Waals surface area contributed by atoms with E-state index in [9.17, 15) is 14.4 Å². The highest BCUT2D eigenvalue weighted by atomic mass is 16.2. The van der Waals surface area contributed by atoms with Crippen LogP contribution in [0.2, 0.25) is 0 Å². The van der Waals surface area contributed by atoms with Crippen LogP contribution in [0.1, 0.15) is 41.6 Å². The molecule has 0 spiro atoms. The Morgan fingerprint density at radius 3 is 2.15 bits per heavy atom. The van der Waals surface area contributed by atoms with E-state index >= 15 is 0 Å². The summed E-state index contributed by atoms with van der Waals surface area (Å²) in [5.41, 5.74) is 1.45. The van der Waals surface area contributed by atoms with Gasteiger partial charge in [0, 0.05) is 50.8 Å². The second-order valence-corrected chi connectivity index (χ2v) is 7.17. The van der Waals surface area contributed by atoms with Crippen LogP contribution in [0.5, 0.6) is 0 Å². The minimum atomic E-state index is -0.133. The molecule has 27 heavy (non-hydrogen) atoms. The Balaban J connectivity index is 1.49. The average molecular weight is 369 g/mol. The molecular formula is C21H27N3O3. The summed E-state index contributed by atoms with van der Waals surface area (Å²) in [6.07, 6.45) is 7.65. The molecule has 0 unspecified atom stereocenters. The molecule has 3 rings (SSSR count). The van der Waals surface area contributed by atoms with Gasteiger partial charge in [0.1, 0.15) is 0 Å². The lowest BCUT2D eigenvalue weighted by molar-refractivity contribution is -0.140. The molecule has 1 aromatic rings. The van der Waals surface area contributed by atoms with Crippen LogP contribution in [0.3, 0.4) is 0 Å². The molecule has 2 aliphatic rings. The normalized spacial score (nSPS) is 18.1. The predicted molar refractivity (Wildman–Crippen MR) is 104 cm³/mol. The van der Waals surface area contributed by atoms with E-state index in [2.05, 4.69) is 5.32 Å². The van der Waals surface area contributed by atoms with Gasteiger partial charge < -0.3 is 15.1 Å². The highest BCUT2D eigenvalue weighted by molar-refractivity contribution is 5.95. The first-order chi connectivity index (χ1) is 13.1. The Bertz CT molecular complexity index is 713. The van der Waals surface area contributed by atoms with Crippen molar-refractivity contribution in [1.29, 1.82) is 0 Å². The van der Waals surface area contributed by atoms with Crippen LogP contribution in [0.4, 0.5) is 0 Å². The number of piperazine rings is 1. The molecule has 6 nitrogen and oxygen atoms in total. The van der Waals surface area contributed by atoms with E-state index in [1.54, 1.807) is 36.2 Å². The number of carbonyl (C=O) groups is 3. The number of nitrogens with zero attached hydrogens (tertiary/aromatic N) is 2. The Hall–Kier alpha value is -2.63. The summed E-state index contributed by atoms with van der Waals surface area (Å²) in [5.74, 6) is 0.293.